The second-order valence-electron chi connectivity index (χ2n) is 14.3. The highest BCUT2D eigenvalue weighted by atomic mass is 32.3. The Labute approximate surface area is 317 Å². The summed E-state index contributed by atoms with van der Waals surface area (Å²) in [6.07, 6.45) is -3.19. The summed E-state index contributed by atoms with van der Waals surface area (Å²) in [5.41, 5.74) is 2.04. The number of anilines is 2. The maximum Gasteiger partial charge on any atom is 0.397 e. The Kier molecular flexibility index (Phi) is 13.4. The maximum atomic E-state index is 14.0. The molecule has 3 aromatic rings. The number of unbranched alkanes of at least 4 members (excludes halogenated alkanes) is 1. The quantitative estimate of drug-likeness (QED) is 0.142. The van der Waals surface area contributed by atoms with Crippen molar-refractivity contribution in [2.24, 2.45) is 5.41 Å². The number of amides is 2. The Bertz CT molecular complexity index is 1960. The molecular formula is C38H51N3O11S2. The number of aliphatic hydroxyl groups excluding tert-OH is 2. The van der Waals surface area contributed by atoms with Gasteiger partial charge in [0.1, 0.15) is 6.10 Å². The zero-order valence-corrected chi connectivity index (χ0v) is 32.6. The van der Waals surface area contributed by atoms with Crippen LogP contribution >= 0.6 is 0 Å². The van der Waals surface area contributed by atoms with Gasteiger partial charge in [-0.25, -0.2) is 17.4 Å². The van der Waals surface area contributed by atoms with Crippen molar-refractivity contribution >= 4 is 37.6 Å². The number of nitrogens with one attached hydrogen (secondary N) is 2. The van der Waals surface area contributed by atoms with Crippen LogP contribution in [0.5, 0.6) is 0 Å². The van der Waals surface area contributed by atoms with Gasteiger partial charge in [-0.1, -0.05) is 69.2 Å². The van der Waals surface area contributed by atoms with E-state index in [0.717, 1.165) is 24.1 Å². The van der Waals surface area contributed by atoms with E-state index < -0.39 is 74.9 Å². The van der Waals surface area contributed by atoms with Gasteiger partial charge in [-0.05, 0) is 59.9 Å². The van der Waals surface area contributed by atoms with Crippen LogP contribution in [0.3, 0.4) is 0 Å². The highest BCUT2D eigenvalue weighted by Crippen LogP contribution is 2.49. The summed E-state index contributed by atoms with van der Waals surface area (Å²) in [6, 6.07) is 20.4. The van der Waals surface area contributed by atoms with E-state index in [1.807, 2.05) is 63.2 Å². The van der Waals surface area contributed by atoms with Crippen LogP contribution in [0.2, 0.25) is 0 Å². The summed E-state index contributed by atoms with van der Waals surface area (Å²) < 4.78 is 76.0. The van der Waals surface area contributed by atoms with E-state index in [2.05, 4.69) is 14.8 Å². The summed E-state index contributed by atoms with van der Waals surface area (Å²) in [5, 5.41) is 28.8. The number of fused-ring (bicyclic) bond motifs is 1. The number of hydrogen-bond acceptors (Lipinski definition) is 11. The molecule has 2 aliphatic rings. The third kappa shape index (κ3) is 9.97. The number of nitrogens with zero attached hydrogens (tertiary/aromatic N) is 1. The number of aliphatic hydroxyl groups is 2. The molecule has 1 fully saturated rings. The van der Waals surface area contributed by atoms with Crippen LogP contribution in [0, 0.1) is 5.41 Å². The molecule has 0 saturated carbocycles. The van der Waals surface area contributed by atoms with Gasteiger partial charge in [0.15, 0.2) is 16.1 Å². The minimum Gasteiger partial charge on any atom is -0.392 e. The first-order chi connectivity index (χ1) is 25.6. The summed E-state index contributed by atoms with van der Waals surface area (Å²) in [4.78, 5) is 15.5. The lowest BCUT2D eigenvalue weighted by Gasteiger charge is -2.39. The lowest BCUT2D eigenvalue weighted by Crippen LogP contribution is -2.58. The first-order valence-corrected chi connectivity index (χ1v) is 21.1. The van der Waals surface area contributed by atoms with Crippen LogP contribution < -0.4 is 15.5 Å². The van der Waals surface area contributed by atoms with Crippen molar-refractivity contribution in [2.75, 3.05) is 36.7 Å². The average molecular weight is 790 g/mol. The molecule has 2 heterocycles. The molecule has 5 rings (SSSR count). The summed E-state index contributed by atoms with van der Waals surface area (Å²) in [5.74, 6) is -0.952. The molecule has 14 nitrogen and oxygen atoms in total. The predicted molar refractivity (Wildman–Crippen MR) is 203 cm³/mol. The molecular weight excluding hydrogens is 739 g/mol. The molecule has 7 atom stereocenters. The Balaban J connectivity index is 1.42. The SMILES string of the molecule is CCCC[C@]1(CC)CS(=O)(=O)c2ccc(N(C)C)cc2[C@@H](c2cccc(NC(=O)N[C@@H]3O[C@H](COS(=O)(=O)O)C[C@H](OCc4ccccc4)[C@H]3O)c2)[C@H]1O. The molecule has 2 aliphatic heterocycles. The molecule has 3 aromatic carbocycles. The van der Waals surface area contributed by atoms with Gasteiger partial charge in [0.2, 0.25) is 0 Å². The van der Waals surface area contributed by atoms with E-state index in [-0.39, 0.29) is 23.7 Å². The van der Waals surface area contributed by atoms with E-state index in [1.165, 1.54) is 0 Å². The van der Waals surface area contributed by atoms with E-state index >= 15 is 0 Å². The normalized spacial score (nSPS) is 26.6. The van der Waals surface area contributed by atoms with Gasteiger partial charge in [0.05, 0.1) is 42.2 Å². The van der Waals surface area contributed by atoms with Gasteiger partial charge in [-0.2, -0.15) is 8.42 Å². The van der Waals surface area contributed by atoms with Gasteiger partial charge in [0.25, 0.3) is 0 Å². The number of ether oxygens (including phenoxy) is 2. The summed E-state index contributed by atoms with van der Waals surface area (Å²) >= 11 is 0. The molecule has 0 radical (unpaired) electrons. The number of benzene rings is 3. The molecule has 5 N–H and O–H groups in total. The van der Waals surface area contributed by atoms with Gasteiger partial charge < -0.3 is 35.2 Å². The molecule has 1 saturated heterocycles. The third-order valence-corrected chi connectivity index (χ3v) is 12.8. The second-order valence-corrected chi connectivity index (χ2v) is 17.3. The lowest BCUT2D eigenvalue weighted by molar-refractivity contribution is -0.197. The van der Waals surface area contributed by atoms with Crippen molar-refractivity contribution in [3.63, 3.8) is 0 Å². The highest BCUT2D eigenvalue weighted by Gasteiger charge is 2.49. The minimum absolute atomic E-state index is 0.000677. The van der Waals surface area contributed by atoms with Crippen molar-refractivity contribution in [3.8, 4) is 0 Å². The Morgan fingerprint density at radius 1 is 1.04 bits per heavy atom. The zero-order valence-electron chi connectivity index (χ0n) is 30.9. The summed E-state index contributed by atoms with van der Waals surface area (Å²) in [6.45, 7) is 3.46. The molecule has 2 amide bonds. The number of urea groups is 1. The zero-order chi connectivity index (χ0) is 39.3. The van der Waals surface area contributed by atoms with Crippen molar-refractivity contribution in [2.45, 2.75) is 94.0 Å². The molecule has 0 aliphatic carbocycles. The largest absolute Gasteiger partial charge is 0.397 e. The predicted octanol–water partition coefficient (Wildman–Crippen LogP) is 4.62. The molecule has 16 heteroatoms. The van der Waals surface area contributed by atoms with E-state index in [9.17, 15) is 31.8 Å². The van der Waals surface area contributed by atoms with E-state index in [0.29, 0.717) is 29.7 Å². The highest BCUT2D eigenvalue weighted by molar-refractivity contribution is 7.91. The van der Waals surface area contributed by atoms with Crippen molar-refractivity contribution in [3.05, 3.63) is 89.5 Å². The van der Waals surface area contributed by atoms with E-state index in [4.69, 9.17) is 14.0 Å². The maximum absolute atomic E-state index is 14.0. The molecule has 0 bridgehead atoms. The molecule has 296 valence electrons. The standard InChI is InChI=1S/C38H51N3O11S2/c1-5-7-18-38(6-2)24-53(45,46)32-17-16-28(41(3)4)20-30(32)33(35(38)43)26-14-11-15-27(19-26)39-37(44)40-36-34(42)31(50-22-25-12-9-8-10-13-25)21-29(52-36)23-51-54(47,48)49/h8-17,19-20,29,31,33-36,42-43H,5-7,18,21-24H2,1-4H3,(H2,39,40,44)(H,47,48,49)/t29-,31-,33+,34+,35+,36+,38+/m0/s1. The number of hydrogen-bond donors (Lipinski definition) is 5. The molecule has 0 spiro atoms. The fraction of sp³-hybridized carbons (Fsp3) is 0.500. The number of carbonyl (C=O) groups is 1. The van der Waals surface area contributed by atoms with Gasteiger partial charge in [-0.15, -0.1) is 0 Å². The van der Waals surface area contributed by atoms with Crippen LogP contribution in [0.25, 0.3) is 0 Å². The topological polar surface area (TPSA) is 201 Å². The van der Waals surface area contributed by atoms with Crippen molar-refractivity contribution in [1.82, 2.24) is 5.32 Å². The first-order valence-electron chi connectivity index (χ1n) is 18.1. The Morgan fingerprint density at radius 3 is 2.44 bits per heavy atom. The fourth-order valence-corrected chi connectivity index (χ4v) is 9.96. The number of rotatable bonds is 14. The van der Waals surface area contributed by atoms with Crippen LogP contribution in [-0.4, -0.2) is 94.7 Å². The van der Waals surface area contributed by atoms with Crippen LogP contribution in [0.4, 0.5) is 16.2 Å². The molecule has 0 unspecified atom stereocenters. The number of sulfone groups is 1. The Hall–Kier alpha value is -3.61. The monoisotopic (exact) mass is 789 g/mol. The van der Waals surface area contributed by atoms with Crippen LogP contribution in [-0.2, 0) is 40.5 Å². The van der Waals surface area contributed by atoms with Crippen molar-refractivity contribution < 1.29 is 50.1 Å². The van der Waals surface area contributed by atoms with Crippen LogP contribution in [0.1, 0.15) is 68.6 Å². The third-order valence-electron chi connectivity index (χ3n) is 10.3. The molecule has 54 heavy (non-hydrogen) atoms. The molecule has 0 aromatic heterocycles. The summed E-state index contributed by atoms with van der Waals surface area (Å²) in [7, 11) is -4.88. The van der Waals surface area contributed by atoms with Gasteiger partial charge in [0, 0.05) is 43.2 Å². The lowest BCUT2D eigenvalue weighted by atomic mass is 9.69. The second kappa shape index (κ2) is 17.5. The minimum atomic E-state index is -4.79. The van der Waals surface area contributed by atoms with Gasteiger partial charge >= 0.3 is 16.4 Å². The average Bonchev–Trinajstić information content (AvgIpc) is 3.20. The number of carbonyl (C=O) groups excluding carboxylic acids is 1. The fourth-order valence-electron chi connectivity index (χ4n) is 7.38. The Morgan fingerprint density at radius 2 is 1.78 bits per heavy atom. The first kappa shape index (κ1) is 41.6. The van der Waals surface area contributed by atoms with E-state index in [1.54, 1.807) is 42.5 Å². The van der Waals surface area contributed by atoms with Crippen molar-refractivity contribution in [1.29, 1.82) is 0 Å². The smallest absolute Gasteiger partial charge is 0.392 e. The van der Waals surface area contributed by atoms with Gasteiger partial charge in [-0.3, -0.25) is 4.55 Å². The van der Waals surface area contributed by atoms with Crippen LogP contribution in [0.15, 0.2) is 77.7 Å².